The first kappa shape index (κ1) is 22.1. The second-order valence-corrected chi connectivity index (χ2v) is 9.05. The number of hydrogen-bond donors (Lipinski definition) is 0. The average Bonchev–Trinajstić information content (AvgIpc) is 3.13. The maximum absolute atomic E-state index is 11.9. The number of allylic oxidation sites excluding steroid dienone is 1. The molecule has 5 rings (SSSR count). The van der Waals surface area contributed by atoms with E-state index in [4.69, 9.17) is 16.3 Å². The van der Waals surface area contributed by atoms with Crippen molar-refractivity contribution < 1.29 is 40.6 Å². The molecule has 2 aromatic rings. The van der Waals surface area contributed by atoms with Crippen LogP contribution in [0.4, 0.5) is 0 Å². The Kier molecular flexibility index (Phi) is 7.08. The van der Waals surface area contributed by atoms with Gasteiger partial charge in [0.25, 0.3) is 0 Å². The first-order chi connectivity index (χ1) is 14.2. The van der Waals surface area contributed by atoms with Gasteiger partial charge in [0.2, 0.25) is 0 Å². The fraction of sp³-hybridized carbons (Fsp3) is 0.440. The molecule has 2 aliphatic carbocycles. The number of aromatic nitrogens is 1. The Hall–Kier alpha value is -1.08. The van der Waals surface area contributed by atoms with E-state index in [0.29, 0.717) is 35.1 Å². The van der Waals surface area contributed by atoms with Gasteiger partial charge in [0.05, 0.1) is 12.1 Å². The van der Waals surface area contributed by atoms with Crippen LogP contribution in [0, 0.1) is 60.9 Å². The summed E-state index contributed by atoms with van der Waals surface area (Å²) < 4.78 is 5.67. The summed E-state index contributed by atoms with van der Waals surface area (Å²) in [6.07, 6.45) is 13.1. The molecule has 3 nitrogen and oxygen atoms in total. The van der Waals surface area contributed by atoms with Crippen LogP contribution in [-0.4, -0.2) is 17.1 Å². The molecule has 3 aliphatic rings. The molecule has 0 N–H and O–H groups in total. The van der Waals surface area contributed by atoms with E-state index < -0.39 is 0 Å². The number of carbonyl (C=O) groups excluding carboxylic acids is 1. The van der Waals surface area contributed by atoms with Crippen LogP contribution in [0.3, 0.4) is 0 Å². The summed E-state index contributed by atoms with van der Waals surface area (Å²) in [7, 11) is 0. The van der Waals surface area contributed by atoms with Crippen molar-refractivity contribution in [2.45, 2.75) is 44.6 Å². The zero-order chi connectivity index (χ0) is 19.8. The van der Waals surface area contributed by atoms with Gasteiger partial charge in [-0.3, -0.25) is 9.78 Å². The second-order valence-electron chi connectivity index (χ2n) is 8.64. The molecule has 2 heterocycles. The Bertz CT molecular complexity index is 929. The number of nitrogens with zero attached hydrogens (tertiary/aromatic N) is 1. The molecule has 0 bridgehead atoms. The van der Waals surface area contributed by atoms with Gasteiger partial charge in [0, 0.05) is 43.2 Å². The number of fused-ring (bicyclic) bond motifs is 3. The fourth-order valence-corrected chi connectivity index (χ4v) is 5.94. The van der Waals surface area contributed by atoms with Gasteiger partial charge in [-0.1, -0.05) is 35.6 Å². The summed E-state index contributed by atoms with van der Waals surface area (Å²) in [5, 5.41) is 0.708. The van der Waals surface area contributed by atoms with E-state index >= 15 is 0 Å². The summed E-state index contributed by atoms with van der Waals surface area (Å²) in [5.41, 5.74) is 2.89. The Morgan fingerprint density at radius 3 is 2.73 bits per heavy atom. The van der Waals surface area contributed by atoms with E-state index in [0.717, 1.165) is 23.2 Å². The SMILES string of the molecule is O=C1C[C@H]2[C@@H]3CCCC[C@H]3[C@H](/C=C/c3ccc(-c4c[c-]ccc4Cl)cn3)C[C@H]2O1.[U]. The average molecular weight is 645 g/mol. The molecule has 5 atom stereocenters. The maximum atomic E-state index is 11.9. The minimum Gasteiger partial charge on any atom is -0.462 e. The van der Waals surface area contributed by atoms with Gasteiger partial charge in [0.1, 0.15) is 6.10 Å². The third-order valence-electron chi connectivity index (χ3n) is 7.06. The molecular formula is C25H25ClNO2U-. The fourth-order valence-electron chi connectivity index (χ4n) is 5.71. The van der Waals surface area contributed by atoms with E-state index in [1.165, 1.54) is 25.7 Å². The molecule has 5 heteroatoms. The van der Waals surface area contributed by atoms with Crippen molar-refractivity contribution in [1.82, 2.24) is 4.98 Å². The van der Waals surface area contributed by atoms with Crippen LogP contribution in [0.15, 0.2) is 42.6 Å². The topological polar surface area (TPSA) is 39.2 Å². The van der Waals surface area contributed by atoms with Crippen LogP contribution < -0.4 is 0 Å². The zero-order valence-electron chi connectivity index (χ0n) is 16.9. The van der Waals surface area contributed by atoms with Crippen molar-refractivity contribution >= 4 is 23.6 Å². The van der Waals surface area contributed by atoms with E-state index in [1.54, 1.807) is 0 Å². The molecule has 154 valence electrons. The summed E-state index contributed by atoms with van der Waals surface area (Å²) in [6.45, 7) is 0. The second kappa shape index (κ2) is 9.60. The minimum absolute atomic E-state index is 0. The quantitative estimate of drug-likeness (QED) is 0.305. The van der Waals surface area contributed by atoms with E-state index in [1.807, 2.05) is 30.5 Å². The number of carbonyl (C=O) groups is 1. The normalized spacial score (nSPS) is 30.3. The predicted octanol–water partition coefficient (Wildman–Crippen LogP) is 5.97. The first-order valence-corrected chi connectivity index (χ1v) is 11.1. The van der Waals surface area contributed by atoms with Gasteiger partial charge in [-0.25, -0.2) is 0 Å². The molecule has 0 radical (unpaired) electrons. The third-order valence-corrected chi connectivity index (χ3v) is 7.39. The van der Waals surface area contributed by atoms with Crippen molar-refractivity contribution in [3.8, 4) is 11.1 Å². The molecular weight excluding hydrogens is 620 g/mol. The Morgan fingerprint density at radius 2 is 1.97 bits per heavy atom. The largest absolute Gasteiger partial charge is 0.462 e. The van der Waals surface area contributed by atoms with E-state index in [2.05, 4.69) is 29.3 Å². The number of pyridine rings is 1. The van der Waals surface area contributed by atoms with Crippen LogP contribution in [0.1, 0.15) is 44.2 Å². The van der Waals surface area contributed by atoms with Crippen LogP contribution >= 0.6 is 11.6 Å². The standard InChI is InChI=1S/C25H25ClNO2.U/c26-23-8-4-3-6-20(23)17-10-12-18(27-15-17)11-9-16-13-24-22(14-25(28)29-24)21-7-2-1-5-19(16)21;/h4,6,8-12,15-16,19,21-22,24H,1-2,5,7,13-14H2;/q-1;/b11-9+;/t16-,19+,21-,22+,24-;/m1./s1. The molecule has 1 aliphatic heterocycles. The van der Waals surface area contributed by atoms with Gasteiger partial charge in [0.15, 0.2) is 0 Å². The summed E-state index contributed by atoms with van der Waals surface area (Å²) in [6, 6.07) is 12.7. The van der Waals surface area contributed by atoms with Crippen molar-refractivity contribution in [2.75, 3.05) is 0 Å². The molecule has 1 saturated heterocycles. The number of esters is 1. The predicted molar refractivity (Wildman–Crippen MR) is 114 cm³/mol. The van der Waals surface area contributed by atoms with Crippen molar-refractivity contribution in [3.05, 3.63) is 59.4 Å². The smallest absolute Gasteiger partial charge is 0.306 e. The first-order valence-electron chi connectivity index (χ1n) is 10.7. The van der Waals surface area contributed by atoms with Crippen LogP contribution in [-0.2, 0) is 9.53 Å². The number of rotatable bonds is 3. The van der Waals surface area contributed by atoms with Gasteiger partial charge in [-0.2, -0.15) is 24.3 Å². The molecule has 30 heavy (non-hydrogen) atoms. The molecule has 1 aromatic heterocycles. The molecule has 0 spiro atoms. The van der Waals surface area contributed by atoms with Crippen LogP contribution in [0.2, 0.25) is 5.02 Å². The molecule has 0 amide bonds. The van der Waals surface area contributed by atoms with Gasteiger partial charge in [-0.05, 0) is 49.2 Å². The summed E-state index contributed by atoms with van der Waals surface area (Å²) in [5.74, 6) is 2.22. The maximum Gasteiger partial charge on any atom is 0.306 e. The van der Waals surface area contributed by atoms with Gasteiger partial charge in [-0.15, -0.1) is 17.2 Å². The Morgan fingerprint density at radius 1 is 1.13 bits per heavy atom. The van der Waals surface area contributed by atoms with Crippen molar-refractivity contribution in [2.24, 2.45) is 23.7 Å². The third kappa shape index (κ3) is 4.43. The molecule has 1 aromatic carbocycles. The summed E-state index contributed by atoms with van der Waals surface area (Å²) >= 11 is 6.28. The molecule has 2 saturated carbocycles. The number of halogens is 1. The van der Waals surface area contributed by atoms with Crippen LogP contribution in [0.25, 0.3) is 17.2 Å². The Balaban J connectivity index is 0.00000218. The minimum atomic E-state index is 0. The van der Waals surface area contributed by atoms with Crippen molar-refractivity contribution in [3.63, 3.8) is 0 Å². The summed E-state index contributed by atoms with van der Waals surface area (Å²) in [4.78, 5) is 16.5. The van der Waals surface area contributed by atoms with Crippen molar-refractivity contribution in [1.29, 1.82) is 0 Å². The number of ether oxygens (including phenoxy) is 1. The molecule has 0 unspecified atom stereocenters. The van der Waals surface area contributed by atoms with Crippen LogP contribution in [0.5, 0.6) is 0 Å². The van der Waals surface area contributed by atoms with Gasteiger partial charge < -0.3 is 4.74 Å². The number of hydrogen-bond acceptors (Lipinski definition) is 3. The van der Waals surface area contributed by atoms with E-state index in [9.17, 15) is 4.79 Å². The number of benzene rings is 1. The zero-order valence-corrected chi connectivity index (χ0v) is 21.8. The van der Waals surface area contributed by atoms with E-state index in [-0.39, 0.29) is 43.2 Å². The van der Waals surface area contributed by atoms with Gasteiger partial charge >= 0.3 is 5.97 Å². The monoisotopic (exact) mass is 644 g/mol. The molecule has 3 fully saturated rings. The Labute approximate surface area is 207 Å².